The molecule has 0 aromatic heterocycles. The van der Waals surface area contributed by atoms with Crippen LogP contribution in [0.25, 0.3) is 0 Å². The molecule has 19 heavy (non-hydrogen) atoms. The number of nitrogens with zero attached hydrogens (tertiary/aromatic N) is 1. The Morgan fingerprint density at radius 3 is 2.26 bits per heavy atom. The van der Waals surface area contributed by atoms with Crippen molar-refractivity contribution in [2.45, 2.75) is 39.0 Å². The van der Waals surface area contributed by atoms with Crippen LogP contribution in [0.4, 0.5) is 0 Å². The van der Waals surface area contributed by atoms with Gasteiger partial charge in [0.05, 0.1) is 17.5 Å². The normalized spacial score (nSPS) is 12.1. The first-order valence-corrected chi connectivity index (χ1v) is 7.24. The summed E-state index contributed by atoms with van der Waals surface area (Å²) in [5.41, 5.74) is 0. The number of carbonyl (C=O) groups excluding carboxylic acids is 2. The number of thioether (sulfide) groups is 1. The predicted octanol–water partition coefficient (Wildman–Crippen LogP) is 0.566. The molecular formula is C12H22N2O4S. The quantitative estimate of drug-likeness (QED) is 0.682. The van der Waals surface area contributed by atoms with Crippen LogP contribution in [0.1, 0.15) is 27.7 Å². The second-order valence-electron chi connectivity index (χ2n) is 4.42. The largest absolute Gasteiger partial charge is 0.480 e. The van der Waals surface area contributed by atoms with Crippen LogP contribution in [0.5, 0.6) is 0 Å². The standard InChI is InChI=1S/C12H22N2O4S/c1-5-14(6-10(15)13-8(2)3)11(16)7-19-9(4)12(17)18/h8-9H,5-7H2,1-4H3,(H,13,15)(H,17,18). The number of aliphatic carboxylic acids is 1. The molecule has 7 heteroatoms. The Balaban J connectivity index is 4.25. The van der Waals surface area contributed by atoms with E-state index in [1.54, 1.807) is 6.92 Å². The van der Waals surface area contributed by atoms with Crippen molar-refractivity contribution in [1.82, 2.24) is 10.2 Å². The summed E-state index contributed by atoms with van der Waals surface area (Å²) in [6.45, 7) is 7.44. The van der Waals surface area contributed by atoms with E-state index in [0.717, 1.165) is 11.8 Å². The molecule has 110 valence electrons. The van der Waals surface area contributed by atoms with Crippen molar-refractivity contribution in [2.75, 3.05) is 18.8 Å². The Bertz CT molecular complexity index is 334. The summed E-state index contributed by atoms with van der Waals surface area (Å²) in [5, 5.41) is 10.8. The summed E-state index contributed by atoms with van der Waals surface area (Å²) < 4.78 is 0. The molecule has 0 spiro atoms. The lowest BCUT2D eigenvalue weighted by molar-refractivity contribution is -0.136. The minimum Gasteiger partial charge on any atom is -0.480 e. The van der Waals surface area contributed by atoms with Gasteiger partial charge >= 0.3 is 5.97 Å². The summed E-state index contributed by atoms with van der Waals surface area (Å²) in [7, 11) is 0. The highest BCUT2D eigenvalue weighted by molar-refractivity contribution is 8.01. The van der Waals surface area contributed by atoms with E-state index in [9.17, 15) is 14.4 Å². The SMILES string of the molecule is CCN(CC(=O)NC(C)C)C(=O)CSC(C)C(=O)O. The number of hydrogen-bond acceptors (Lipinski definition) is 4. The molecule has 0 saturated heterocycles. The van der Waals surface area contributed by atoms with Crippen LogP contribution >= 0.6 is 11.8 Å². The molecule has 0 bridgehead atoms. The highest BCUT2D eigenvalue weighted by Gasteiger charge is 2.19. The molecule has 0 fully saturated rings. The first kappa shape index (κ1) is 17.8. The van der Waals surface area contributed by atoms with E-state index >= 15 is 0 Å². The molecule has 0 aromatic rings. The maximum Gasteiger partial charge on any atom is 0.316 e. The van der Waals surface area contributed by atoms with Crippen molar-refractivity contribution < 1.29 is 19.5 Å². The average molecular weight is 290 g/mol. The molecule has 1 atom stereocenters. The number of carbonyl (C=O) groups is 3. The maximum atomic E-state index is 11.9. The molecule has 0 heterocycles. The van der Waals surface area contributed by atoms with Gasteiger partial charge in [-0.05, 0) is 27.7 Å². The predicted molar refractivity (Wildman–Crippen MR) is 75.1 cm³/mol. The summed E-state index contributed by atoms with van der Waals surface area (Å²) >= 11 is 1.05. The van der Waals surface area contributed by atoms with Crippen LogP contribution in [0.15, 0.2) is 0 Å². The van der Waals surface area contributed by atoms with Crippen molar-refractivity contribution in [3.63, 3.8) is 0 Å². The Morgan fingerprint density at radius 2 is 1.84 bits per heavy atom. The fourth-order valence-corrected chi connectivity index (χ4v) is 1.99. The first-order valence-electron chi connectivity index (χ1n) is 6.19. The van der Waals surface area contributed by atoms with E-state index in [1.165, 1.54) is 11.8 Å². The number of nitrogens with one attached hydrogen (secondary N) is 1. The average Bonchev–Trinajstić information content (AvgIpc) is 2.31. The van der Waals surface area contributed by atoms with Gasteiger partial charge in [-0.2, -0.15) is 0 Å². The van der Waals surface area contributed by atoms with Gasteiger partial charge < -0.3 is 15.3 Å². The first-order chi connectivity index (χ1) is 8.77. The highest BCUT2D eigenvalue weighted by Crippen LogP contribution is 2.11. The Morgan fingerprint density at radius 1 is 1.26 bits per heavy atom. The molecule has 0 aliphatic carbocycles. The van der Waals surface area contributed by atoms with Gasteiger partial charge in [-0.1, -0.05) is 0 Å². The number of carboxylic acids is 1. The zero-order valence-corrected chi connectivity index (χ0v) is 12.6. The van der Waals surface area contributed by atoms with E-state index in [1.807, 2.05) is 13.8 Å². The minimum absolute atomic E-state index is 0.00945. The molecule has 2 amide bonds. The summed E-state index contributed by atoms with van der Waals surface area (Å²) in [4.78, 5) is 35.5. The summed E-state index contributed by atoms with van der Waals surface area (Å²) in [5.74, 6) is -1.31. The summed E-state index contributed by atoms with van der Waals surface area (Å²) in [6, 6.07) is 0.0303. The molecule has 0 aliphatic rings. The van der Waals surface area contributed by atoms with Gasteiger partial charge in [0.1, 0.15) is 0 Å². The Kier molecular flexibility index (Phi) is 8.22. The third-order valence-electron chi connectivity index (χ3n) is 2.32. The molecule has 2 N–H and O–H groups in total. The monoisotopic (exact) mass is 290 g/mol. The van der Waals surface area contributed by atoms with Crippen molar-refractivity contribution in [2.24, 2.45) is 0 Å². The van der Waals surface area contributed by atoms with Crippen LogP contribution in [-0.4, -0.2) is 57.9 Å². The highest BCUT2D eigenvalue weighted by atomic mass is 32.2. The van der Waals surface area contributed by atoms with Crippen LogP contribution in [-0.2, 0) is 14.4 Å². The van der Waals surface area contributed by atoms with Crippen LogP contribution in [0.2, 0.25) is 0 Å². The smallest absolute Gasteiger partial charge is 0.316 e. The lowest BCUT2D eigenvalue weighted by Crippen LogP contribution is -2.43. The lowest BCUT2D eigenvalue weighted by atomic mass is 10.3. The van der Waals surface area contributed by atoms with Crippen molar-refractivity contribution >= 4 is 29.5 Å². The number of rotatable bonds is 8. The Hall–Kier alpha value is -1.24. The van der Waals surface area contributed by atoms with E-state index in [0.29, 0.717) is 6.54 Å². The zero-order valence-electron chi connectivity index (χ0n) is 11.8. The van der Waals surface area contributed by atoms with E-state index < -0.39 is 11.2 Å². The minimum atomic E-state index is -0.946. The fraction of sp³-hybridized carbons (Fsp3) is 0.750. The molecule has 1 unspecified atom stereocenters. The van der Waals surface area contributed by atoms with Gasteiger partial charge in [0, 0.05) is 12.6 Å². The van der Waals surface area contributed by atoms with E-state index in [2.05, 4.69) is 5.32 Å². The zero-order chi connectivity index (χ0) is 15.0. The molecule has 6 nitrogen and oxygen atoms in total. The van der Waals surface area contributed by atoms with Gasteiger partial charge in [-0.3, -0.25) is 14.4 Å². The van der Waals surface area contributed by atoms with E-state index in [-0.39, 0.29) is 30.2 Å². The van der Waals surface area contributed by atoms with Gasteiger partial charge in [0.25, 0.3) is 0 Å². The molecular weight excluding hydrogens is 268 g/mol. The van der Waals surface area contributed by atoms with Crippen LogP contribution in [0.3, 0.4) is 0 Å². The third kappa shape index (κ3) is 7.71. The second kappa shape index (κ2) is 8.79. The third-order valence-corrected chi connectivity index (χ3v) is 3.44. The van der Waals surface area contributed by atoms with Gasteiger partial charge in [-0.25, -0.2) is 0 Å². The number of carboxylic acid groups (broad SMARTS) is 1. The lowest BCUT2D eigenvalue weighted by Gasteiger charge is -2.21. The number of amides is 2. The fourth-order valence-electron chi connectivity index (χ4n) is 1.28. The Labute approximate surface area is 117 Å². The number of hydrogen-bond donors (Lipinski definition) is 2. The van der Waals surface area contributed by atoms with Crippen LogP contribution < -0.4 is 5.32 Å². The molecule has 0 aliphatic heterocycles. The van der Waals surface area contributed by atoms with Crippen molar-refractivity contribution in [3.8, 4) is 0 Å². The molecule has 0 radical (unpaired) electrons. The topological polar surface area (TPSA) is 86.7 Å². The maximum absolute atomic E-state index is 11.9. The van der Waals surface area contributed by atoms with Crippen molar-refractivity contribution in [1.29, 1.82) is 0 Å². The number of likely N-dealkylation sites (N-methyl/N-ethyl adjacent to an activating group) is 1. The van der Waals surface area contributed by atoms with Gasteiger partial charge in [-0.15, -0.1) is 11.8 Å². The van der Waals surface area contributed by atoms with Gasteiger partial charge in [0.15, 0.2) is 0 Å². The summed E-state index contributed by atoms with van der Waals surface area (Å²) in [6.07, 6.45) is 0. The van der Waals surface area contributed by atoms with Crippen molar-refractivity contribution in [3.05, 3.63) is 0 Å². The molecule has 0 aromatic carbocycles. The van der Waals surface area contributed by atoms with E-state index in [4.69, 9.17) is 5.11 Å². The second-order valence-corrected chi connectivity index (χ2v) is 5.75. The molecule has 0 saturated carbocycles. The van der Waals surface area contributed by atoms with Gasteiger partial charge in [0.2, 0.25) is 11.8 Å². The van der Waals surface area contributed by atoms with Crippen LogP contribution in [0, 0.1) is 0 Å². The molecule has 0 rings (SSSR count).